The number of anilines is 1. The highest BCUT2D eigenvalue weighted by Gasteiger charge is 2.30. The molecule has 0 saturated carbocycles. The fourth-order valence-corrected chi connectivity index (χ4v) is 4.22. The molecule has 4 heteroatoms. The second-order valence-electron chi connectivity index (χ2n) is 5.38. The highest BCUT2D eigenvalue weighted by atomic mass is 32.1. The number of nitrogen functional groups attached to an aromatic ring is 1. The van der Waals surface area contributed by atoms with Crippen LogP contribution in [0.15, 0.2) is 0 Å². The van der Waals surface area contributed by atoms with Crippen molar-refractivity contribution in [3.8, 4) is 0 Å². The van der Waals surface area contributed by atoms with E-state index in [1.807, 2.05) is 0 Å². The summed E-state index contributed by atoms with van der Waals surface area (Å²) >= 11 is 1.60. The minimum absolute atomic E-state index is 0.00764. The molecule has 0 radical (unpaired) electrons. The molecule has 18 heavy (non-hydrogen) atoms. The molecule has 1 aromatic heterocycles. The van der Waals surface area contributed by atoms with Crippen LogP contribution in [0.25, 0.3) is 0 Å². The molecule has 2 rings (SSSR count). The molecule has 0 saturated heterocycles. The molecule has 2 atom stereocenters. The first-order valence-corrected chi connectivity index (χ1v) is 7.55. The van der Waals surface area contributed by atoms with E-state index in [0.717, 1.165) is 24.8 Å². The van der Waals surface area contributed by atoms with Gasteiger partial charge < -0.3 is 11.1 Å². The minimum Gasteiger partial charge on any atom is -0.390 e. The highest BCUT2D eigenvalue weighted by molar-refractivity contribution is 7.16. The van der Waals surface area contributed by atoms with Crippen LogP contribution in [0.2, 0.25) is 0 Å². The zero-order valence-corrected chi connectivity index (χ0v) is 12.2. The van der Waals surface area contributed by atoms with Gasteiger partial charge in [-0.3, -0.25) is 4.79 Å². The van der Waals surface area contributed by atoms with E-state index in [-0.39, 0.29) is 5.91 Å². The molecule has 2 unspecified atom stereocenters. The number of amides is 1. The van der Waals surface area contributed by atoms with Crippen molar-refractivity contribution in [1.29, 1.82) is 0 Å². The number of carbonyl (C=O) groups is 1. The summed E-state index contributed by atoms with van der Waals surface area (Å²) in [5, 5.41) is 3.63. The molecule has 100 valence electrons. The molecule has 0 aliphatic heterocycles. The Morgan fingerprint density at radius 3 is 2.89 bits per heavy atom. The van der Waals surface area contributed by atoms with Crippen molar-refractivity contribution < 1.29 is 4.79 Å². The lowest BCUT2D eigenvalue weighted by Gasteiger charge is -2.25. The van der Waals surface area contributed by atoms with Crippen molar-refractivity contribution in [2.24, 2.45) is 5.92 Å². The fraction of sp³-hybridized carbons (Fsp3) is 0.643. The Labute approximate surface area is 113 Å². The molecule has 1 amide bonds. The second kappa shape index (κ2) is 5.31. The van der Waals surface area contributed by atoms with Gasteiger partial charge in [-0.25, -0.2) is 0 Å². The van der Waals surface area contributed by atoms with Crippen molar-refractivity contribution in [3.63, 3.8) is 0 Å². The number of thiophene rings is 1. The van der Waals surface area contributed by atoms with Crippen LogP contribution < -0.4 is 11.1 Å². The average Bonchev–Trinajstić information content (AvgIpc) is 2.62. The fourth-order valence-electron chi connectivity index (χ4n) is 2.87. The monoisotopic (exact) mass is 266 g/mol. The van der Waals surface area contributed by atoms with Gasteiger partial charge in [0.05, 0.1) is 10.6 Å². The van der Waals surface area contributed by atoms with Gasteiger partial charge in [0.2, 0.25) is 0 Å². The lowest BCUT2D eigenvalue weighted by molar-refractivity contribution is 0.0953. The van der Waals surface area contributed by atoms with Gasteiger partial charge in [0.15, 0.2) is 0 Å². The van der Waals surface area contributed by atoms with Crippen LogP contribution in [-0.4, -0.2) is 12.5 Å². The molecule has 1 aliphatic rings. The number of nitrogens with two attached hydrogens (primary N) is 1. The van der Waals surface area contributed by atoms with Crippen molar-refractivity contribution in [1.82, 2.24) is 5.32 Å². The zero-order valence-electron chi connectivity index (χ0n) is 11.4. The third-order valence-electron chi connectivity index (χ3n) is 3.59. The van der Waals surface area contributed by atoms with Crippen LogP contribution in [0.1, 0.15) is 60.3 Å². The number of carbonyl (C=O) groups excluding carboxylic acids is 1. The predicted octanol–water partition coefficient (Wildman–Crippen LogP) is 3.16. The predicted molar refractivity (Wildman–Crippen MR) is 77.3 cm³/mol. The summed E-state index contributed by atoms with van der Waals surface area (Å²) in [7, 11) is 0. The Morgan fingerprint density at radius 2 is 2.22 bits per heavy atom. The average molecular weight is 266 g/mol. The standard InChI is InChI=1S/C14H22N2OS/c1-4-5-16-14(17)12-11-9(3)6-8(2)7-10(11)18-13(12)15/h8-9H,4-7,15H2,1-3H3,(H,16,17). The van der Waals surface area contributed by atoms with Gasteiger partial charge in [-0.1, -0.05) is 20.8 Å². The molecule has 3 nitrogen and oxygen atoms in total. The number of fused-ring (bicyclic) bond motifs is 1. The normalized spacial score (nSPS) is 22.6. The second-order valence-corrected chi connectivity index (χ2v) is 6.52. The van der Waals surface area contributed by atoms with E-state index < -0.39 is 0 Å². The molecule has 0 bridgehead atoms. The summed E-state index contributed by atoms with van der Waals surface area (Å²) in [6.45, 7) is 7.24. The van der Waals surface area contributed by atoms with Crippen LogP contribution in [0.4, 0.5) is 5.00 Å². The number of hydrogen-bond acceptors (Lipinski definition) is 3. The third-order valence-corrected chi connectivity index (χ3v) is 4.65. The van der Waals surface area contributed by atoms with Gasteiger partial charge in [-0.15, -0.1) is 11.3 Å². The van der Waals surface area contributed by atoms with E-state index in [9.17, 15) is 4.79 Å². The largest absolute Gasteiger partial charge is 0.390 e. The Balaban J connectivity index is 2.34. The molecule has 3 N–H and O–H groups in total. The lowest BCUT2D eigenvalue weighted by Crippen LogP contribution is -2.26. The Kier molecular flexibility index (Phi) is 3.95. The van der Waals surface area contributed by atoms with E-state index in [0.29, 0.717) is 23.4 Å². The number of hydrogen-bond donors (Lipinski definition) is 2. The SMILES string of the molecule is CCCNC(=O)c1c(N)sc2c1C(C)CC(C)C2. The topological polar surface area (TPSA) is 55.1 Å². The first-order valence-electron chi connectivity index (χ1n) is 6.73. The van der Waals surface area contributed by atoms with Gasteiger partial charge in [0.25, 0.3) is 5.91 Å². The summed E-state index contributed by atoms with van der Waals surface area (Å²) in [6.07, 6.45) is 3.16. The molecule has 0 fully saturated rings. The molecule has 0 spiro atoms. The summed E-state index contributed by atoms with van der Waals surface area (Å²) in [6, 6.07) is 0. The van der Waals surface area contributed by atoms with Gasteiger partial charge >= 0.3 is 0 Å². The smallest absolute Gasteiger partial charge is 0.254 e. The van der Waals surface area contributed by atoms with Gasteiger partial charge in [-0.2, -0.15) is 0 Å². The van der Waals surface area contributed by atoms with Crippen molar-refractivity contribution >= 4 is 22.2 Å². The van der Waals surface area contributed by atoms with E-state index in [1.165, 1.54) is 10.4 Å². The summed E-state index contributed by atoms with van der Waals surface area (Å²) in [4.78, 5) is 13.5. The summed E-state index contributed by atoms with van der Waals surface area (Å²) < 4.78 is 0. The van der Waals surface area contributed by atoms with Crippen LogP contribution >= 0.6 is 11.3 Å². The van der Waals surface area contributed by atoms with Gasteiger partial charge in [0.1, 0.15) is 0 Å². The Bertz CT molecular complexity index is 453. The number of rotatable bonds is 3. The minimum atomic E-state index is 0.00764. The summed E-state index contributed by atoms with van der Waals surface area (Å²) in [5.41, 5.74) is 8.02. The van der Waals surface area contributed by atoms with E-state index in [1.54, 1.807) is 11.3 Å². The zero-order chi connectivity index (χ0) is 13.3. The maximum Gasteiger partial charge on any atom is 0.254 e. The van der Waals surface area contributed by atoms with E-state index in [4.69, 9.17) is 5.73 Å². The molecular weight excluding hydrogens is 244 g/mol. The highest BCUT2D eigenvalue weighted by Crippen LogP contribution is 2.43. The molecule has 0 aromatic carbocycles. The van der Waals surface area contributed by atoms with E-state index in [2.05, 4.69) is 26.1 Å². The quantitative estimate of drug-likeness (QED) is 0.883. The van der Waals surface area contributed by atoms with Crippen molar-refractivity contribution in [2.45, 2.75) is 46.0 Å². The molecule has 1 aromatic rings. The van der Waals surface area contributed by atoms with Crippen molar-refractivity contribution in [2.75, 3.05) is 12.3 Å². The van der Waals surface area contributed by atoms with Crippen molar-refractivity contribution in [3.05, 3.63) is 16.0 Å². The maximum absolute atomic E-state index is 12.2. The molecular formula is C14H22N2OS. The van der Waals surface area contributed by atoms with Crippen LogP contribution in [0.3, 0.4) is 0 Å². The van der Waals surface area contributed by atoms with Crippen LogP contribution in [0.5, 0.6) is 0 Å². The summed E-state index contributed by atoms with van der Waals surface area (Å²) in [5.74, 6) is 1.14. The van der Waals surface area contributed by atoms with E-state index >= 15 is 0 Å². The maximum atomic E-state index is 12.2. The van der Waals surface area contributed by atoms with Gasteiger partial charge in [0, 0.05) is 11.4 Å². The first kappa shape index (κ1) is 13.4. The molecule has 1 aliphatic carbocycles. The number of nitrogens with one attached hydrogen (secondary N) is 1. The van der Waals surface area contributed by atoms with Crippen LogP contribution in [0, 0.1) is 5.92 Å². The van der Waals surface area contributed by atoms with Gasteiger partial charge in [-0.05, 0) is 36.7 Å². The Hall–Kier alpha value is -1.03. The Morgan fingerprint density at radius 1 is 1.50 bits per heavy atom. The molecule has 1 heterocycles. The lowest BCUT2D eigenvalue weighted by atomic mass is 9.81. The first-order chi connectivity index (χ1) is 8.54. The third kappa shape index (κ3) is 2.39. The van der Waals surface area contributed by atoms with Crippen LogP contribution in [-0.2, 0) is 6.42 Å².